The van der Waals surface area contributed by atoms with Crippen molar-refractivity contribution in [2.45, 2.75) is 12.5 Å². The maximum absolute atomic E-state index is 13.2. The van der Waals surface area contributed by atoms with Crippen LogP contribution in [0, 0.1) is 5.82 Å². The Labute approximate surface area is 152 Å². The SMILES string of the molecule is NC(=O)[C@@H](c1ccc(F)cc1)N1CCCN(C(=O)c2ccccc2)CC1. The van der Waals surface area contributed by atoms with Crippen LogP contribution in [0.4, 0.5) is 4.39 Å². The van der Waals surface area contributed by atoms with Crippen molar-refractivity contribution in [2.24, 2.45) is 5.73 Å². The quantitative estimate of drug-likeness (QED) is 0.914. The van der Waals surface area contributed by atoms with Crippen molar-refractivity contribution in [2.75, 3.05) is 26.2 Å². The summed E-state index contributed by atoms with van der Waals surface area (Å²) >= 11 is 0. The molecule has 1 fully saturated rings. The Hall–Kier alpha value is -2.73. The Morgan fingerprint density at radius 1 is 0.923 bits per heavy atom. The van der Waals surface area contributed by atoms with E-state index in [2.05, 4.69) is 0 Å². The van der Waals surface area contributed by atoms with E-state index in [1.54, 1.807) is 29.2 Å². The summed E-state index contributed by atoms with van der Waals surface area (Å²) in [5.41, 5.74) is 6.95. The van der Waals surface area contributed by atoms with E-state index in [4.69, 9.17) is 5.73 Å². The number of hydrogen-bond acceptors (Lipinski definition) is 3. The molecule has 1 heterocycles. The minimum Gasteiger partial charge on any atom is -0.368 e. The third kappa shape index (κ3) is 4.08. The molecule has 2 aromatic carbocycles. The van der Waals surface area contributed by atoms with Crippen LogP contribution in [-0.2, 0) is 4.79 Å². The molecule has 2 amide bonds. The largest absolute Gasteiger partial charge is 0.368 e. The fraction of sp³-hybridized carbons (Fsp3) is 0.300. The van der Waals surface area contributed by atoms with Crippen molar-refractivity contribution in [3.8, 4) is 0 Å². The summed E-state index contributed by atoms with van der Waals surface area (Å²) < 4.78 is 13.2. The van der Waals surface area contributed by atoms with Crippen LogP contribution < -0.4 is 5.73 Å². The number of amides is 2. The standard InChI is InChI=1S/C20H22FN3O2/c21-17-9-7-15(8-10-17)18(19(22)25)23-11-4-12-24(14-13-23)20(26)16-5-2-1-3-6-16/h1-3,5-10,18H,4,11-14H2,(H2,22,25)/t18-/m1/s1. The van der Waals surface area contributed by atoms with Crippen LogP contribution in [0.5, 0.6) is 0 Å². The molecule has 6 heteroatoms. The van der Waals surface area contributed by atoms with Crippen molar-refractivity contribution in [3.05, 3.63) is 71.5 Å². The van der Waals surface area contributed by atoms with Gasteiger partial charge in [-0.05, 0) is 36.2 Å². The van der Waals surface area contributed by atoms with E-state index in [1.807, 2.05) is 23.1 Å². The van der Waals surface area contributed by atoms with E-state index >= 15 is 0 Å². The molecule has 0 aliphatic carbocycles. The fourth-order valence-electron chi connectivity index (χ4n) is 3.36. The van der Waals surface area contributed by atoms with Crippen LogP contribution in [0.2, 0.25) is 0 Å². The van der Waals surface area contributed by atoms with Gasteiger partial charge >= 0.3 is 0 Å². The zero-order valence-corrected chi connectivity index (χ0v) is 14.5. The van der Waals surface area contributed by atoms with Gasteiger partial charge in [-0.15, -0.1) is 0 Å². The second-order valence-electron chi connectivity index (χ2n) is 6.40. The van der Waals surface area contributed by atoms with E-state index in [0.717, 1.165) is 6.42 Å². The highest BCUT2D eigenvalue weighted by molar-refractivity contribution is 5.94. The summed E-state index contributed by atoms with van der Waals surface area (Å²) in [4.78, 5) is 28.5. The van der Waals surface area contributed by atoms with Gasteiger partial charge in [-0.25, -0.2) is 4.39 Å². The summed E-state index contributed by atoms with van der Waals surface area (Å²) in [5.74, 6) is -0.836. The van der Waals surface area contributed by atoms with Gasteiger partial charge in [0, 0.05) is 31.7 Å². The number of halogens is 1. The summed E-state index contributed by atoms with van der Waals surface area (Å²) in [6.07, 6.45) is 0.740. The molecule has 0 spiro atoms. The second kappa shape index (κ2) is 8.10. The van der Waals surface area contributed by atoms with Crippen molar-refractivity contribution in [1.82, 2.24) is 9.80 Å². The topological polar surface area (TPSA) is 66.6 Å². The molecule has 5 nitrogen and oxygen atoms in total. The Morgan fingerprint density at radius 2 is 1.62 bits per heavy atom. The average Bonchev–Trinajstić information content (AvgIpc) is 2.89. The lowest BCUT2D eigenvalue weighted by atomic mass is 10.0. The lowest BCUT2D eigenvalue weighted by molar-refractivity contribution is -0.123. The Balaban J connectivity index is 1.73. The summed E-state index contributed by atoms with van der Waals surface area (Å²) in [7, 11) is 0. The van der Waals surface area contributed by atoms with Crippen molar-refractivity contribution in [1.29, 1.82) is 0 Å². The lowest BCUT2D eigenvalue weighted by Gasteiger charge is -2.28. The molecule has 0 saturated carbocycles. The van der Waals surface area contributed by atoms with E-state index < -0.39 is 11.9 Å². The van der Waals surface area contributed by atoms with Crippen LogP contribution in [0.25, 0.3) is 0 Å². The zero-order chi connectivity index (χ0) is 18.5. The highest BCUT2D eigenvalue weighted by Crippen LogP contribution is 2.23. The lowest BCUT2D eigenvalue weighted by Crippen LogP contribution is -2.40. The first-order valence-electron chi connectivity index (χ1n) is 8.69. The Kier molecular flexibility index (Phi) is 5.63. The first-order chi connectivity index (χ1) is 12.6. The molecule has 1 atom stereocenters. The normalized spacial score (nSPS) is 16.7. The van der Waals surface area contributed by atoms with Gasteiger partial charge in [0.1, 0.15) is 11.9 Å². The Bertz CT molecular complexity index is 764. The van der Waals surface area contributed by atoms with Crippen molar-refractivity contribution in [3.63, 3.8) is 0 Å². The van der Waals surface area contributed by atoms with Crippen LogP contribution in [-0.4, -0.2) is 47.8 Å². The fourth-order valence-corrected chi connectivity index (χ4v) is 3.36. The van der Waals surface area contributed by atoms with E-state index in [1.165, 1.54) is 12.1 Å². The number of benzene rings is 2. The van der Waals surface area contributed by atoms with Crippen LogP contribution >= 0.6 is 0 Å². The monoisotopic (exact) mass is 355 g/mol. The summed E-state index contributed by atoms with van der Waals surface area (Å²) in [6, 6.07) is 14.4. The molecular formula is C20H22FN3O2. The number of nitrogens with zero attached hydrogens (tertiary/aromatic N) is 2. The van der Waals surface area contributed by atoms with Gasteiger partial charge in [-0.3, -0.25) is 14.5 Å². The highest BCUT2D eigenvalue weighted by atomic mass is 19.1. The van der Waals surface area contributed by atoms with Crippen LogP contribution in [0.1, 0.15) is 28.4 Å². The van der Waals surface area contributed by atoms with Gasteiger partial charge in [-0.1, -0.05) is 30.3 Å². The summed E-state index contributed by atoms with van der Waals surface area (Å²) in [6.45, 7) is 2.31. The van der Waals surface area contributed by atoms with Gasteiger partial charge in [0.25, 0.3) is 5.91 Å². The number of carbonyl (C=O) groups is 2. The molecule has 2 N–H and O–H groups in total. The van der Waals surface area contributed by atoms with Crippen molar-refractivity contribution >= 4 is 11.8 Å². The number of carbonyl (C=O) groups excluding carboxylic acids is 2. The third-order valence-electron chi connectivity index (χ3n) is 4.66. The molecule has 26 heavy (non-hydrogen) atoms. The van der Waals surface area contributed by atoms with E-state index in [0.29, 0.717) is 37.3 Å². The van der Waals surface area contributed by atoms with Crippen LogP contribution in [0.15, 0.2) is 54.6 Å². The Morgan fingerprint density at radius 3 is 2.27 bits per heavy atom. The second-order valence-corrected chi connectivity index (χ2v) is 6.40. The van der Waals surface area contributed by atoms with Crippen molar-refractivity contribution < 1.29 is 14.0 Å². The minimum absolute atomic E-state index is 0.00939. The molecule has 0 radical (unpaired) electrons. The molecule has 1 saturated heterocycles. The predicted octanol–water partition coefficient (Wildman–Crippen LogP) is 2.20. The maximum atomic E-state index is 13.2. The van der Waals surface area contributed by atoms with Gasteiger partial charge < -0.3 is 10.6 Å². The smallest absolute Gasteiger partial charge is 0.253 e. The van der Waals surface area contributed by atoms with E-state index in [-0.39, 0.29) is 11.7 Å². The molecule has 1 aliphatic rings. The molecular weight excluding hydrogens is 333 g/mol. The first kappa shape index (κ1) is 18.1. The molecule has 1 aliphatic heterocycles. The molecule has 2 aromatic rings. The van der Waals surface area contributed by atoms with Gasteiger partial charge in [-0.2, -0.15) is 0 Å². The van der Waals surface area contributed by atoms with Gasteiger partial charge in [0.2, 0.25) is 5.91 Å². The number of nitrogens with two attached hydrogens (primary N) is 1. The average molecular weight is 355 g/mol. The molecule has 3 rings (SSSR count). The molecule has 0 aromatic heterocycles. The first-order valence-corrected chi connectivity index (χ1v) is 8.69. The van der Waals surface area contributed by atoms with Crippen LogP contribution in [0.3, 0.4) is 0 Å². The summed E-state index contributed by atoms with van der Waals surface area (Å²) in [5, 5.41) is 0. The molecule has 0 bridgehead atoms. The predicted molar refractivity (Wildman–Crippen MR) is 96.9 cm³/mol. The highest BCUT2D eigenvalue weighted by Gasteiger charge is 2.29. The molecule has 136 valence electrons. The van der Waals surface area contributed by atoms with Gasteiger partial charge in [0.05, 0.1) is 0 Å². The number of hydrogen-bond donors (Lipinski definition) is 1. The third-order valence-corrected chi connectivity index (χ3v) is 4.66. The number of rotatable bonds is 4. The number of primary amides is 1. The van der Waals surface area contributed by atoms with Gasteiger partial charge in [0.15, 0.2) is 0 Å². The maximum Gasteiger partial charge on any atom is 0.253 e. The van der Waals surface area contributed by atoms with E-state index in [9.17, 15) is 14.0 Å². The minimum atomic E-state index is -0.623. The zero-order valence-electron chi connectivity index (χ0n) is 14.5. The molecule has 0 unspecified atom stereocenters.